The third kappa shape index (κ3) is 4.52. The lowest BCUT2D eigenvalue weighted by Gasteiger charge is -2.15. The van der Waals surface area contributed by atoms with Gasteiger partial charge in [0, 0.05) is 28.4 Å². The third-order valence-corrected chi connectivity index (χ3v) is 4.95. The number of amides is 2. The predicted octanol–water partition coefficient (Wildman–Crippen LogP) is 3.74. The first-order valence-electron chi connectivity index (χ1n) is 9.96. The van der Waals surface area contributed by atoms with Crippen LogP contribution in [0.15, 0.2) is 66.7 Å². The Balaban J connectivity index is 1.67. The topological polar surface area (TPSA) is 128 Å². The Morgan fingerprint density at radius 2 is 1.52 bits per heavy atom. The molecule has 4 rings (SSSR count). The van der Waals surface area contributed by atoms with Crippen molar-refractivity contribution in [3.8, 4) is 11.5 Å². The van der Waals surface area contributed by atoms with Gasteiger partial charge in [-0.2, -0.15) is 0 Å². The van der Waals surface area contributed by atoms with E-state index in [4.69, 9.17) is 15.2 Å². The Kier molecular flexibility index (Phi) is 6.03. The van der Waals surface area contributed by atoms with Crippen LogP contribution in [0.4, 0.5) is 17.1 Å². The molecule has 4 aromatic rings. The summed E-state index contributed by atoms with van der Waals surface area (Å²) >= 11 is 0. The van der Waals surface area contributed by atoms with Crippen molar-refractivity contribution in [3.05, 3.63) is 78.0 Å². The highest BCUT2D eigenvalue weighted by molar-refractivity contribution is 6.07. The zero-order valence-electron chi connectivity index (χ0n) is 18.0. The minimum Gasteiger partial charge on any atom is -0.493 e. The number of carbonyl (C=O) groups excluding carboxylic acids is 2. The molecule has 0 spiro atoms. The summed E-state index contributed by atoms with van der Waals surface area (Å²) in [6.07, 6.45) is 0. The Bertz CT molecular complexity index is 1320. The van der Waals surface area contributed by atoms with Gasteiger partial charge in [0.05, 0.1) is 25.4 Å². The molecule has 4 N–H and O–H groups in total. The number of anilines is 3. The fourth-order valence-corrected chi connectivity index (χ4v) is 3.31. The molecule has 0 unspecified atom stereocenters. The van der Waals surface area contributed by atoms with Crippen molar-refractivity contribution in [3.63, 3.8) is 0 Å². The molecule has 0 saturated heterocycles. The number of nitrogens with one attached hydrogen (secondary N) is 2. The van der Waals surface area contributed by atoms with Crippen molar-refractivity contribution in [2.75, 3.05) is 24.9 Å². The molecule has 2 amide bonds. The first kappa shape index (κ1) is 21.6. The first-order valence-corrected chi connectivity index (χ1v) is 9.96. The van der Waals surface area contributed by atoms with Gasteiger partial charge in [-0.15, -0.1) is 10.2 Å². The van der Waals surface area contributed by atoms with Gasteiger partial charge in [-0.25, -0.2) is 0 Å². The van der Waals surface area contributed by atoms with Gasteiger partial charge in [-0.05, 0) is 42.5 Å². The Morgan fingerprint density at radius 3 is 2.15 bits per heavy atom. The van der Waals surface area contributed by atoms with Crippen molar-refractivity contribution < 1.29 is 19.1 Å². The fourth-order valence-electron chi connectivity index (χ4n) is 3.31. The van der Waals surface area contributed by atoms with E-state index in [1.807, 2.05) is 30.3 Å². The number of hydrogen-bond donors (Lipinski definition) is 3. The van der Waals surface area contributed by atoms with Crippen LogP contribution in [0.1, 0.15) is 20.8 Å². The second-order valence-corrected chi connectivity index (χ2v) is 7.03. The normalized spacial score (nSPS) is 10.5. The Morgan fingerprint density at radius 1 is 0.848 bits per heavy atom. The van der Waals surface area contributed by atoms with Gasteiger partial charge < -0.3 is 25.8 Å². The average Bonchev–Trinajstić information content (AvgIpc) is 2.84. The van der Waals surface area contributed by atoms with Gasteiger partial charge in [0.1, 0.15) is 0 Å². The summed E-state index contributed by atoms with van der Waals surface area (Å²) in [4.78, 5) is 24.5. The quantitative estimate of drug-likeness (QED) is 0.397. The number of nitrogens with zero attached hydrogens (tertiary/aromatic N) is 2. The molecule has 0 aliphatic heterocycles. The fraction of sp³-hybridized carbons (Fsp3) is 0.0833. The summed E-state index contributed by atoms with van der Waals surface area (Å²) in [5, 5.41) is 14.6. The number of carbonyl (C=O) groups is 2. The highest BCUT2D eigenvalue weighted by Crippen LogP contribution is 2.36. The number of benzene rings is 3. The molecule has 9 heteroatoms. The second kappa shape index (κ2) is 9.23. The monoisotopic (exact) mass is 443 g/mol. The Labute approximate surface area is 189 Å². The maximum absolute atomic E-state index is 12.5. The number of methoxy groups -OCH3 is 2. The molecule has 0 atom stereocenters. The van der Waals surface area contributed by atoms with E-state index >= 15 is 0 Å². The summed E-state index contributed by atoms with van der Waals surface area (Å²) in [6, 6.07) is 19.3. The zero-order chi connectivity index (χ0) is 23.4. The van der Waals surface area contributed by atoms with Gasteiger partial charge in [-0.1, -0.05) is 18.2 Å². The molecule has 0 aliphatic carbocycles. The van der Waals surface area contributed by atoms with E-state index in [0.717, 1.165) is 0 Å². The maximum Gasteiger partial charge on any atom is 0.271 e. The Hall–Kier alpha value is -4.66. The van der Waals surface area contributed by atoms with Crippen molar-refractivity contribution in [2.24, 2.45) is 5.73 Å². The lowest BCUT2D eigenvalue weighted by Crippen LogP contribution is -2.17. The number of hydrogen-bond acceptors (Lipinski definition) is 7. The van der Waals surface area contributed by atoms with Gasteiger partial charge in [-0.3, -0.25) is 9.59 Å². The molecule has 1 heterocycles. The molecule has 0 saturated carbocycles. The van der Waals surface area contributed by atoms with Crippen molar-refractivity contribution in [1.82, 2.24) is 10.2 Å². The summed E-state index contributed by atoms with van der Waals surface area (Å²) < 4.78 is 10.7. The first-order chi connectivity index (χ1) is 16.0. The van der Waals surface area contributed by atoms with E-state index in [1.54, 1.807) is 36.4 Å². The van der Waals surface area contributed by atoms with E-state index in [1.165, 1.54) is 14.2 Å². The number of ether oxygens (including phenoxy) is 2. The number of primary amides is 1. The molecule has 166 valence electrons. The number of para-hydroxylation sites is 1. The molecular weight excluding hydrogens is 422 g/mol. The van der Waals surface area contributed by atoms with E-state index in [2.05, 4.69) is 20.8 Å². The summed E-state index contributed by atoms with van der Waals surface area (Å²) in [7, 11) is 3.03. The molecule has 1 aromatic heterocycles. The molecule has 9 nitrogen and oxygen atoms in total. The third-order valence-electron chi connectivity index (χ3n) is 4.95. The van der Waals surface area contributed by atoms with Crippen LogP contribution in [0, 0.1) is 0 Å². The van der Waals surface area contributed by atoms with Crippen LogP contribution in [0.3, 0.4) is 0 Å². The van der Waals surface area contributed by atoms with Crippen LogP contribution in [0.2, 0.25) is 0 Å². The molecule has 0 aliphatic rings. The summed E-state index contributed by atoms with van der Waals surface area (Å²) in [5.74, 6) is -0.0331. The summed E-state index contributed by atoms with van der Waals surface area (Å²) in [5.41, 5.74) is 8.16. The maximum atomic E-state index is 12.5. The molecule has 0 bridgehead atoms. The van der Waals surface area contributed by atoms with Gasteiger partial charge in [0.15, 0.2) is 17.2 Å². The smallest absolute Gasteiger partial charge is 0.271 e. The molecule has 3 aromatic carbocycles. The van der Waals surface area contributed by atoms with Crippen molar-refractivity contribution in [1.29, 1.82) is 0 Å². The van der Waals surface area contributed by atoms with Crippen LogP contribution in [0.25, 0.3) is 10.9 Å². The SMILES string of the molecule is COc1cc2nnc(C(N)=O)c(Nc3ccc(C(=O)Nc4ccccc4)cc3)c2cc1OC. The highest BCUT2D eigenvalue weighted by atomic mass is 16.5. The van der Waals surface area contributed by atoms with E-state index in [-0.39, 0.29) is 11.6 Å². The second-order valence-electron chi connectivity index (χ2n) is 7.03. The van der Waals surface area contributed by atoms with Gasteiger partial charge in [0.2, 0.25) is 0 Å². The van der Waals surface area contributed by atoms with E-state index < -0.39 is 5.91 Å². The number of nitrogens with two attached hydrogens (primary N) is 1. The average molecular weight is 443 g/mol. The lowest BCUT2D eigenvalue weighted by molar-refractivity contribution is 0.0993. The largest absolute Gasteiger partial charge is 0.493 e. The van der Waals surface area contributed by atoms with Crippen molar-refractivity contribution in [2.45, 2.75) is 0 Å². The van der Waals surface area contributed by atoms with Crippen LogP contribution < -0.4 is 25.8 Å². The van der Waals surface area contributed by atoms with E-state index in [9.17, 15) is 9.59 Å². The van der Waals surface area contributed by atoms with Crippen LogP contribution in [-0.2, 0) is 0 Å². The van der Waals surface area contributed by atoms with E-state index in [0.29, 0.717) is 45.0 Å². The van der Waals surface area contributed by atoms with Crippen LogP contribution in [0.5, 0.6) is 11.5 Å². The predicted molar refractivity (Wildman–Crippen MR) is 125 cm³/mol. The lowest BCUT2D eigenvalue weighted by atomic mass is 10.1. The molecular formula is C24H21N5O4. The minimum absolute atomic E-state index is 0.0272. The van der Waals surface area contributed by atoms with Crippen molar-refractivity contribution >= 4 is 39.8 Å². The number of aromatic nitrogens is 2. The molecule has 0 fully saturated rings. The molecule has 0 radical (unpaired) electrons. The van der Waals surface area contributed by atoms with Crippen LogP contribution >= 0.6 is 0 Å². The zero-order valence-corrected chi connectivity index (χ0v) is 18.0. The number of rotatable bonds is 7. The molecule has 33 heavy (non-hydrogen) atoms. The van der Waals surface area contributed by atoms with Gasteiger partial charge >= 0.3 is 0 Å². The summed E-state index contributed by atoms with van der Waals surface area (Å²) in [6.45, 7) is 0. The van der Waals surface area contributed by atoms with Crippen LogP contribution in [-0.4, -0.2) is 36.2 Å². The minimum atomic E-state index is -0.736. The number of fused-ring (bicyclic) bond motifs is 1. The standard InChI is InChI=1S/C24H21N5O4/c1-32-19-12-17-18(13-20(19)33-2)28-29-22(23(25)30)21(17)26-16-10-8-14(9-11-16)24(31)27-15-6-4-3-5-7-15/h3-13H,1-2H3,(H2,25,30)(H,26,28)(H,27,31). The van der Waals surface area contributed by atoms with Gasteiger partial charge in [0.25, 0.3) is 11.8 Å². The highest BCUT2D eigenvalue weighted by Gasteiger charge is 2.18.